The van der Waals surface area contributed by atoms with Crippen molar-refractivity contribution in [2.24, 2.45) is 5.73 Å². The monoisotopic (exact) mass is 349 g/mol. The number of halogens is 1. The molecule has 0 aromatic carbocycles. The maximum Gasteiger partial charge on any atom is 0.245 e. The summed E-state index contributed by atoms with van der Waals surface area (Å²) in [6, 6.07) is 1.14. The number of aromatic nitrogens is 1. The van der Waals surface area contributed by atoms with E-state index in [2.05, 4.69) is 20.9 Å². The summed E-state index contributed by atoms with van der Waals surface area (Å²) in [7, 11) is -3.58. The Morgan fingerprint density at radius 2 is 2.28 bits per heavy atom. The fraction of sp³-hybridized carbons (Fsp3) is 0.400. The number of rotatable bonds is 3. The van der Waals surface area contributed by atoms with Gasteiger partial charge in [-0.15, -0.1) is 0 Å². The number of hydrogen-bond donors (Lipinski definition) is 1. The number of nitrogens with zero attached hydrogens (tertiary/aromatic N) is 2. The molecule has 0 spiro atoms. The van der Waals surface area contributed by atoms with Crippen LogP contribution < -0.4 is 5.73 Å². The minimum atomic E-state index is -3.58. The van der Waals surface area contributed by atoms with Crippen LogP contribution in [0.4, 0.5) is 0 Å². The van der Waals surface area contributed by atoms with E-state index in [4.69, 9.17) is 18.0 Å². The first-order valence-electron chi connectivity index (χ1n) is 5.34. The van der Waals surface area contributed by atoms with Crippen LogP contribution in [0.3, 0.4) is 0 Å². The lowest BCUT2D eigenvalue weighted by atomic mass is 10.2. The second-order valence-electron chi connectivity index (χ2n) is 4.02. The molecule has 2 heterocycles. The van der Waals surface area contributed by atoms with E-state index in [1.807, 2.05) is 0 Å². The highest BCUT2D eigenvalue weighted by molar-refractivity contribution is 9.10. The first kappa shape index (κ1) is 13.9. The maximum atomic E-state index is 12.5. The van der Waals surface area contributed by atoms with Gasteiger partial charge in [-0.2, -0.15) is 4.31 Å². The zero-order chi connectivity index (χ0) is 13.3. The third-order valence-electron chi connectivity index (χ3n) is 2.82. The second-order valence-corrected chi connectivity index (χ2v) is 7.29. The van der Waals surface area contributed by atoms with E-state index in [9.17, 15) is 8.42 Å². The molecule has 2 rings (SSSR count). The van der Waals surface area contributed by atoms with E-state index in [-0.39, 0.29) is 15.9 Å². The molecule has 1 aliphatic rings. The lowest BCUT2D eigenvalue weighted by Crippen LogP contribution is -2.42. The average Bonchev–Trinajstić information content (AvgIpc) is 2.78. The topological polar surface area (TPSA) is 76.3 Å². The van der Waals surface area contributed by atoms with E-state index >= 15 is 0 Å². The van der Waals surface area contributed by atoms with Crippen LogP contribution >= 0.6 is 28.1 Å². The van der Waals surface area contributed by atoms with Gasteiger partial charge in [0.25, 0.3) is 0 Å². The molecule has 1 saturated heterocycles. The summed E-state index contributed by atoms with van der Waals surface area (Å²) in [5.41, 5.74) is 5.59. The van der Waals surface area contributed by atoms with Gasteiger partial charge in [0.2, 0.25) is 10.0 Å². The molecule has 0 bridgehead atoms. The van der Waals surface area contributed by atoms with E-state index < -0.39 is 10.0 Å². The fourth-order valence-corrected chi connectivity index (χ4v) is 4.47. The molecule has 1 atom stereocenters. The van der Waals surface area contributed by atoms with Crippen LogP contribution in [0.25, 0.3) is 0 Å². The highest BCUT2D eigenvalue weighted by Gasteiger charge is 2.36. The molecular formula is C10H12BrN3O2S2. The molecule has 1 aromatic heterocycles. The molecule has 98 valence electrons. The minimum absolute atomic E-state index is 0.153. The molecule has 1 aliphatic heterocycles. The summed E-state index contributed by atoms with van der Waals surface area (Å²) in [5, 5.41) is 0. The van der Waals surface area contributed by atoms with E-state index in [1.165, 1.54) is 22.8 Å². The van der Waals surface area contributed by atoms with Crippen LogP contribution in [0.2, 0.25) is 0 Å². The van der Waals surface area contributed by atoms with Gasteiger partial charge < -0.3 is 5.73 Å². The van der Waals surface area contributed by atoms with Gasteiger partial charge in [0.15, 0.2) is 0 Å². The summed E-state index contributed by atoms with van der Waals surface area (Å²) < 4.78 is 26.9. The van der Waals surface area contributed by atoms with Crippen molar-refractivity contribution in [3.8, 4) is 0 Å². The number of hydrogen-bond acceptors (Lipinski definition) is 4. The van der Waals surface area contributed by atoms with Crippen LogP contribution in [0, 0.1) is 0 Å². The quantitative estimate of drug-likeness (QED) is 0.832. The van der Waals surface area contributed by atoms with Crippen molar-refractivity contribution in [3.63, 3.8) is 0 Å². The van der Waals surface area contributed by atoms with Gasteiger partial charge >= 0.3 is 0 Å². The summed E-state index contributed by atoms with van der Waals surface area (Å²) in [4.78, 5) is 4.25. The van der Waals surface area contributed by atoms with Crippen molar-refractivity contribution in [3.05, 3.63) is 22.9 Å². The Morgan fingerprint density at radius 1 is 1.56 bits per heavy atom. The molecule has 1 unspecified atom stereocenters. The van der Waals surface area contributed by atoms with Crippen molar-refractivity contribution in [1.82, 2.24) is 9.29 Å². The molecule has 0 aliphatic carbocycles. The van der Waals surface area contributed by atoms with Crippen LogP contribution in [-0.2, 0) is 10.0 Å². The van der Waals surface area contributed by atoms with Gasteiger partial charge in [-0.3, -0.25) is 4.98 Å². The first-order valence-corrected chi connectivity index (χ1v) is 7.99. The average molecular weight is 350 g/mol. The second kappa shape index (κ2) is 5.20. The van der Waals surface area contributed by atoms with Gasteiger partial charge in [-0.1, -0.05) is 12.2 Å². The van der Waals surface area contributed by atoms with E-state index in [0.29, 0.717) is 17.4 Å². The third kappa shape index (κ3) is 2.56. The largest absolute Gasteiger partial charge is 0.392 e. The van der Waals surface area contributed by atoms with Crippen LogP contribution in [0.15, 0.2) is 27.8 Å². The Bertz CT molecular complexity index is 576. The van der Waals surface area contributed by atoms with Crippen molar-refractivity contribution in [2.45, 2.75) is 23.8 Å². The predicted octanol–water partition coefficient (Wildman–Crippen LogP) is 1.28. The normalized spacial score (nSPS) is 21.1. The SMILES string of the molecule is NC(=S)C1CCCN1S(=O)(=O)c1cncc(Br)c1. The Labute approximate surface area is 120 Å². The zero-order valence-corrected chi connectivity index (χ0v) is 12.6. The fourth-order valence-electron chi connectivity index (χ4n) is 1.98. The highest BCUT2D eigenvalue weighted by Crippen LogP contribution is 2.26. The molecule has 0 radical (unpaired) electrons. The molecule has 18 heavy (non-hydrogen) atoms. The highest BCUT2D eigenvalue weighted by atomic mass is 79.9. The summed E-state index contributed by atoms with van der Waals surface area (Å²) in [5.74, 6) is 0. The van der Waals surface area contributed by atoms with Crippen LogP contribution in [0.5, 0.6) is 0 Å². The van der Waals surface area contributed by atoms with Gasteiger partial charge in [-0.25, -0.2) is 8.42 Å². The molecule has 1 fully saturated rings. The van der Waals surface area contributed by atoms with Crippen molar-refractivity contribution in [1.29, 1.82) is 0 Å². The molecular weight excluding hydrogens is 338 g/mol. The minimum Gasteiger partial charge on any atom is -0.392 e. The van der Waals surface area contributed by atoms with Crippen molar-refractivity contribution >= 4 is 43.2 Å². The first-order chi connectivity index (χ1) is 8.43. The predicted molar refractivity (Wildman–Crippen MR) is 75.6 cm³/mol. The summed E-state index contributed by atoms with van der Waals surface area (Å²) in [6.07, 6.45) is 4.31. The van der Waals surface area contributed by atoms with Crippen molar-refractivity contribution in [2.75, 3.05) is 6.54 Å². The Hall–Kier alpha value is -0.570. The third-order valence-corrected chi connectivity index (χ3v) is 5.40. The standard InChI is InChI=1S/C10H12BrN3O2S2/c11-7-4-8(6-13-5-7)18(15,16)14-3-1-2-9(14)10(12)17/h4-6,9H,1-3H2,(H2,12,17). The van der Waals surface area contributed by atoms with Crippen LogP contribution in [-0.4, -0.2) is 35.3 Å². The Kier molecular flexibility index (Phi) is 4.00. The number of nitrogens with two attached hydrogens (primary N) is 1. The molecule has 0 saturated carbocycles. The smallest absolute Gasteiger partial charge is 0.245 e. The maximum absolute atomic E-state index is 12.5. The summed E-state index contributed by atoms with van der Waals surface area (Å²) in [6.45, 7) is 0.441. The number of sulfonamides is 1. The van der Waals surface area contributed by atoms with Crippen LogP contribution in [0.1, 0.15) is 12.8 Å². The van der Waals surface area contributed by atoms with E-state index in [0.717, 1.165) is 6.42 Å². The Morgan fingerprint density at radius 3 is 2.89 bits per heavy atom. The van der Waals surface area contributed by atoms with Gasteiger partial charge in [0, 0.05) is 23.4 Å². The zero-order valence-electron chi connectivity index (χ0n) is 9.41. The molecule has 5 nitrogen and oxygen atoms in total. The van der Waals surface area contributed by atoms with Gasteiger partial charge in [0.05, 0.1) is 11.0 Å². The molecule has 0 amide bonds. The molecule has 1 aromatic rings. The Balaban J connectivity index is 2.40. The molecule has 2 N–H and O–H groups in total. The van der Waals surface area contributed by atoms with Gasteiger partial charge in [0.1, 0.15) is 4.90 Å². The molecule has 8 heteroatoms. The lowest BCUT2D eigenvalue weighted by molar-refractivity contribution is 0.446. The van der Waals surface area contributed by atoms with Gasteiger partial charge in [-0.05, 0) is 34.8 Å². The number of pyridine rings is 1. The number of thiocarbonyl (C=S) groups is 1. The van der Waals surface area contributed by atoms with E-state index in [1.54, 1.807) is 0 Å². The summed E-state index contributed by atoms with van der Waals surface area (Å²) >= 11 is 8.14. The van der Waals surface area contributed by atoms with Crippen molar-refractivity contribution < 1.29 is 8.42 Å². The lowest BCUT2D eigenvalue weighted by Gasteiger charge is -2.22.